The normalized spacial score (nSPS) is 15.8. The number of nitrogens with one attached hydrogen (secondary N) is 2. The smallest absolute Gasteiger partial charge is 0.324 e. The highest BCUT2D eigenvalue weighted by Crippen LogP contribution is 2.30. The van der Waals surface area contributed by atoms with Crippen molar-refractivity contribution in [2.24, 2.45) is 0 Å². The Hall–Kier alpha value is -3.69. The van der Waals surface area contributed by atoms with E-state index in [2.05, 4.69) is 20.6 Å². The molecular formula is C17H15N7O2. The van der Waals surface area contributed by atoms with Gasteiger partial charge in [0, 0.05) is 13.1 Å². The molecule has 0 bridgehead atoms. The number of nitriles is 2. The Kier molecular flexibility index (Phi) is 4.92. The van der Waals surface area contributed by atoms with Crippen molar-refractivity contribution in [1.82, 2.24) is 9.97 Å². The number of anilines is 3. The maximum absolute atomic E-state index is 12.3. The summed E-state index contributed by atoms with van der Waals surface area (Å²) in [5.41, 5.74) is 1.73. The molecule has 3 rings (SSSR count). The van der Waals surface area contributed by atoms with Crippen LogP contribution in [0.1, 0.15) is 17.7 Å². The third-order valence-corrected chi connectivity index (χ3v) is 3.89. The number of carbonyl (C=O) groups excluding carboxylic acids is 1. The Balaban J connectivity index is 1.77. The molecule has 1 aromatic carbocycles. The molecule has 2 amide bonds. The molecule has 2 aromatic rings. The summed E-state index contributed by atoms with van der Waals surface area (Å²) in [6.45, 7) is 1.12. The zero-order valence-electron chi connectivity index (χ0n) is 13.7. The molecule has 26 heavy (non-hydrogen) atoms. The highest BCUT2D eigenvalue weighted by atomic mass is 16.3. The molecule has 0 radical (unpaired) electrons. The summed E-state index contributed by atoms with van der Waals surface area (Å²) in [7, 11) is 0. The third kappa shape index (κ3) is 3.86. The lowest BCUT2D eigenvalue weighted by Gasteiger charge is -2.22. The number of rotatable bonds is 3. The molecule has 1 aliphatic heterocycles. The van der Waals surface area contributed by atoms with Crippen LogP contribution < -0.4 is 15.5 Å². The van der Waals surface area contributed by atoms with Gasteiger partial charge in [0.2, 0.25) is 0 Å². The average molecular weight is 349 g/mol. The van der Waals surface area contributed by atoms with E-state index in [1.54, 1.807) is 18.2 Å². The summed E-state index contributed by atoms with van der Waals surface area (Å²) in [6.07, 6.45) is 2.76. The SMILES string of the molecule is N#Cc1ccc(N2CCC(O)C2)c(NC(=O)Nc2cnc(C#N)cn2)c1. The maximum Gasteiger partial charge on any atom is 0.324 e. The van der Waals surface area contributed by atoms with Crippen LogP contribution in [0.25, 0.3) is 0 Å². The van der Waals surface area contributed by atoms with Crippen molar-refractivity contribution in [3.8, 4) is 12.1 Å². The molecule has 3 N–H and O–H groups in total. The summed E-state index contributed by atoms with van der Waals surface area (Å²) in [5, 5.41) is 32.8. The van der Waals surface area contributed by atoms with E-state index in [4.69, 9.17) is 10.5 Å². The molecule has 1 atom stereocenters. The largest absolute Gasteiger partial charge is 0.391 e. The third-order valence-electron chi connectivity index (χ3n) is 3.89. The number of urea groups is 1. The van der Waals surface area contributed by atoms with Crippen molar-refractivity contribution in [3.63, 3.8) is 0 Å². The number of β-amino-alcohol motifs (C(OH)–C–C–N with tert-alkyl or cyclic N) is 1. The molecular weight excluding hydrogens is 334 g/mol. The van der Waals surface area contributed by atoms with Gasteiger partial charge in [-0.25, -0.2) is 14.8 Å². The zero-order valence-corrected chi connectivity index (χ0v) is 13.7. The Bertz CT molecular complexity index is 899. The van der Waals surface area contributed by atoms with E-state index in [1.807, 2.05) is 17.0 Å². The Morgan fingerprint density at radius 3 is 2.69 bits per heavy atom. The van der Waals surface area contributed by atoms with Crippen molar-refractivity contribution in [2.75, 3.05) is 28.6 Å². The topological polar surface area (TPSA) is 138 Å². The van der Waals surface area contributed by atoms with Gasteiger partial charge in [-0.1, -0.05) is 0 Å². The van der Waals surface area contributed by atoms with Crippen LogP contribution in [0.15, 0.2) is 30.6 Å². The summed E-state index contributed by atoms with van der Waals surface area (Å²) < 4.78 is 0. The Morgan fingerprint density at radius 1 is 1.23 bits per heavy atom. The number of aliphatic hydroxyl groups is 1. The second-order valence-electron chi connectivity index (χ2n) is 5.71. The van der Waals surface area contributed by atoms with Crippen molar-refractivity contribution >= 4 is 23.2 Å². The van der Waals surface area contributed by atoms with E-state index < -0.39 is 12.1 Å². The van der Waals surface area contributed by atoms with E-state index >= 15 is 0 Å². The van der Waals surface area contributed by atoms with Gasteiger partial charge >= 0.3 is 6.03 Å². The Morgan fingerprint density at radius 2 is 2.08 bits per heavy atom. The van der Waals surface area contributed by atoms with E-state index in [0.29, 0.717) is 30.8 Å². The van der Waals surface area contributed by atoms with Crippen LogP contribution >= 0.6 is 0 Å². The number of nitrogens with zero attached hydrogens (tertiary/aromatic N) is 5. The predicted molar refractivity (Wildman–Crippen MR) is 93.4 cm³/mol. The molecule has 2 heterocycles. The summed E-state index contributed by atoms with van der Waals surface area (Å²) in [6, 6.07) is 8.30. The minimum atomic E-state index is -0.555. The number of hydrogen-bond acceptors (Lipinski definition) is 7. The lowest BCUT2D eigenvalue weighted by Crippen LogP contribution is -2.25. The number of carbonyl (C=O) groups is 1. The molecule has 1 aliphatic rings. The maximum atomic E-state index is 12.3. The molecule has 9 nitrogen and oxygen atoms in total. The quantitative estimate of drug-likeness (QED) is 0.762. The lowest BCUT2D eigenvalue weighted by molar-refractivity contribution is 0.198. The average Bonchev–Trinajstić information content (AvgIpc) is 3.08. The molecule has 0 aliphatic carbocycles. The first-order valence-electron chi connectivity index (χ1n) is 7.86. The fourth-order valence-electron chi connectivity index (χ4n) is 2.66. The minimum absolute atomic E-state index is 0.146. The highest BCUT2D eigenvalue weighted by molar-refractivity contribution is 6.01. The molecule has 0 saturated carbocycles. The van der Waals surface area contributed by atoms with Crippen LogP contribution in [0.4, 0.5) is 22.0 Å². The van der Waals surface area contributed by atoms with Gasteiger partial charge in [-0.2, -0.15) is 10.5 Å². The van der Waals surface area contributed by atoms with E-state index in [-0.39, 0.29) is 11.5 Å². The first-order valence-corrected chi connectivity index (χ1v) is 7.86. The van der Waals surface area contributed by atoms with Gasteiger partial charge in [0.1, 0.15) is 6.07 Å². The van der Waals surface area contributed by atoms with Crippen LogP contribution in [-0.4, -0.2) is 40.3 Å². The second kappa shape index (κ2) is 7.47. The lowest BCUT2D eigenvalue weighted by atomic mass is 10.1. The predicted octanol–water partition coefficient (Wildman–Crippen LogP) is 1.43. The van der Waals surface area contributed by atoms with Crippen molar-refractivity contribution in [1.29, 1.82) is 10.5 Å². The number of amides is 2. The van der Waals surface area contributed by atoms with Gasteiger partial charge in [0.25, 0.3) is 0 Å². The van der Waals surface area contributed by atoms with Gasteiger partial charge in [-0.05, 0) is 24.6 Å². The molecule has 1 aromatic heterocycles. The fraction of sp³-hybridized carbons (Fsp3) is 0.235. The van der Waals surface area contributed by atoms with Crippen LogP contribution in [0.2, 0.25) is 0 Å². The van der Waals surface area contributed by atoms with E-state index in [0.717, 1.165) is 5.69 Å². The molecule has 1 fully saturated rings. The second-order valence-corrected chi connectivity index (χ2v) is 5.71. The van der Waals surface area contributed by atoms with Gasteiger partial charge < -0.3 is 15.3 Å². The number of aromatic nitrogens is 2. The van der Waals surface area contributed by atoms with Gasteiger partial charge in [-0.15, -0.1) is 0 Å². The summed E-state index contributed by atoms with van der Waals surface area (Å²) in [4.78, 5) is 22.0. The molecule has 1 unspecified atom stereocenters. The number of aliphatic hydroxyl groups excluding tert-OH is 1. The van der Waals surface area contributed by atoms with Crippen molar-refractivity contribution < 1.29 is 9.90 Å². The van der Waals surface area contributed by atoms with Gasteiger partial charge in [0.05, 0.1) is 41.5 Å². The van der Waals surface area contributed by atoms with E-state index in [9.17, 15) is 9.90 Å². The van der Waals surface area contributed by atoms with E-state index in [1.165, 1.54) is 12.4 Å². The molecule has 9 heteroatoms. The van der Waals surface area contributed by atoms with Crippen LogP contribution in [-0.2, 0) is 0 Å². The monoisotopic (exact) mass is 349 g/mol. The zero-order chi connectivity index (χ0) is 18.5. The van der Waals surface area contributed by atoms with Gasteiger partial charge in [-0.3, -0.25) is 5.32 Å². The van der Waals surface area contributed by atoms with Crippen LogP contribution in [0, 0.1) is 22.7 Å². The summed E-state index contributed by atoms with van der Waals surface area (Å²) >= 11 is 0. The number of hydrogen-bond donors (Lipinski definition) is 3. The van der Waals surface area contributed by atoms with Crippen LogP contribution in [0.3, 0.4) is 0 Å². The highest BCUT2D eigenvalue weighted by Gasteiger charge is 2.23. The standard InChI is InChI=1S/C17H15N7O2/c18-6-11-1-2-15(24-4-3-13(25)10-24)14(5-11)22-17(26)23-16-9-20-12(7-19)8-21-16/h1-2,5,8-9,13,25H,3-4,10H2,(H2,21,22,23,26). The minimum Gasteiger partial charge on any atom is -0.391 e. The molecule has 130 valence electrons. The Labute approximate surface area is 149 Å². The van der Waals surface area contributed by atoms with Crippen LogP contribution in [0.5, 0.6) is 0 Å². The fourth-order valence-corrected chi connectivity index (χ4v) is 2.66. The van der Waals surface area contributed by atoms with Crippen molar-refractivity contribution in [3.05, 3.63) is 41.9 Å². The first-order chi connectivity index (χ1) is 12.6. The first kappa shape index (κ1) is 17.1. The van der Waals surface area contributed by atoms with Gasteiger partial charge in [0.15, 0.2) is 11.5 Å². The molecule has 1 saturated heterocycles. The van der Waals surface area contributed by atoms with Crippen molar-refractivity contribution in [2.45, 2.75) is 12.5 Å². The molecule has 0 spiro atoms. The summed E-state index contributed by atoms with van der Waals surface area (Å²) in [5.74, 6) is 0.191. The number of benzene rings is 1.